The van der Waals surface area contributed by atoms with Crippen molar-refractivity contribution in [3.05, 3.63) is 76.1 Å². The van der Waals surface area contributed by atoms with E-state index in [4.69, 9.17) is 4.74 Å². The van der Waals surface area contributed by atoms with Gasteiger partial charge in [0.2, 0.25) is 0 Å². The lowest BCUT2D eigenvalue weighted by molar-refractivity contribution is 0.112. The number of hydrogen-bond donors (Lipinski definition) is 0. The first-order chi connectivity index (χ1) is 14.0. The molecule has 0 spiro atoms. The van der Waals surface area contributed by atoms with Gasteiger partial charge >= 0.3 is 0 Å². The Labute approximate surface area is 169 Å². The first-order valence-corrected chi connectivity index (χ1v) is 10.0. The van der Waals surface area contributed by atoms with Crippen LogP contribution in [0.15, 0.2) is 36.4 Å². The van der Waals surface area contributed by atoms with Crippen LogP contribution < -0.4 is 0 Å². The lowest BCUT2D eigenvalue weighted by Crippen LogP contribution is -2.14. The molecule has 0 bridgehead atoms. The van der Waals surface area contributed by atoms with E-state index in [0.29, 0.717) is 29.6 Å². The van der Waals surface area contributed by atoms with Crippen molar-refractivity contribution in [2.45, 2.75) is 45.1 Å². The van der Waals surface area contributed by atoms with Crippen LogP contribution >= 0.6 is 0 Å². The second kappa shape index (κ2) is 9.88. The van der Waals surface area contributed by atoms with Gasteiger partial charge in [-0.25, -0.2) is 13.2 Å². The molecule has 0 amide bonds. The Hall–Kier alpha value is -2.40. The number of allylic oxidation sites excluding steroid dienone is 1. The predicted molar refractivity (Wildman–Crippen MR) is 107 cm³/mol. The van der Waals surface area contributed by atoms with E-state index in [9.17, 15) is 18.0 Å². The Balaban J connectivity index is 1.62. The largest absolute Gasteiger partial charge is 0.377 e. The average molecular weight is 402 g/mol. The van der Waals surface area contributed by atoms with Crippen LogP contribution in [0.1, 0.15) is 65.6 Å². The molecule has 3 rings (SSSR count). The van der Waals surface area contributed by atoms with Crippen molar-refractivity contribution in [2.75, 3.05) is 6.61 Å². The molecule has 2 nitrogen and oxygen atoms in total. The highest BCUT2D eigenvalue weighted by atomic mass is 19.2. The van der Waals surface area contributed by atoms with E-state index in [1.165, 1.54) is 6.07 Å². The molecule has 0 N–H and O–H groups in total. The lowest BCUT2D eigenvalue weighted by Gasteiger charge is -2.27. The molecule has 2 aromatic carbocycles. The quantitative estimate of drug-likeness (QED) is 0.498. The Bertz CT molecular complexity index is 884. The summed E-state index contributed by atoms with van der Waals surface area (Å²) in [7, 11) is 0. The van der Waals surface area contributed by atoms with Crippen molar-refractivity contribution in [1.82, 2.24) is 0 Å². The number of halogens is 3. The number of aldehydes is 1. The van der Waals surface area contributed by atoms with Crippen molar-refractivity contribution < 1.29 is 22.7 Å². The number of rotatable bonds is 7. The molecule has 154 valence electrons. The van der Waals surface area contributed by atoms with Crippen LogP contribution in [-0.4, -0.2) is 12.9 Å². The second-order valence-corrected chi connectivity index (χ2v) is 7.45. The van der Waals surface area contributed by atoms with E-state index < -0.39 is 17.5 Å². The van der Waals surface area contributed by atoms with Gasteiger partial charge in [-0.2, -0.15) is 0 Å². The van der Waals surface area contributed by atoms with Gasteiger partial charge in [0, 0.05) is 23.3 Å². The van der Waals surface area contributed by atoms with Crippen molar-refractivity contribution in [3.8, 4) is 0 Å². The zero-order valence-electron chi connectivity index (χ0n) is 16.5. The molecule has 0 unspecified atom stereocenters. The minimum Gasteiger partial charge on any atom is -0.377 e. The van der Waals surface area contributed by atoms with Gasteiger partial charge in [-0.3, -0.25) is 4.79 Å². The summed E-state index contributed by atoms with van der Waals surface area (Å²) in [5.74, 6) is -1.75. The second-order valence-electron chi connectivity index (χ2n) is 7.45. The zero-order valence-corrected chi connectivity index (χ0v) is 16.5. The third-order valence-electron chi connectivity index (χ3n) is 5.57. The first kappa shape index (κ1) is 21.3. The summed E-state index contributed by atoms with van der Waals surface area (Å²) in [6.07, 6.45) is 7.48. The number of benzene rings is 2. The lowest BCUT2D eigenvalue weighted by atomic mass is 9.78. The fraction of sp³-hybridized carbons (Fsp3) is 0.375. The molecular formula is C24H25F3O2. The Morgan fingerprint density at radius 3 is 2.45 bits per heavy atom. The average Bonchev–Trinajstić information content (AvgIpc) is 2.74. The van der Waals surface area contributed by atoms with Crippen LogP contribution in [0.2, 0.25) is 0 Å². The molecule has 0 heterocycles. The number of ether oxygens (including phenoxy) is 1. The molecule has 0 radical (unpaired) electrons. The van der Waals surface area contributed by atoms with Crippen molar-refractivity contribution >= 4 is 12.4 Å². The van der Waals surface area contributed by atoms with Gasteiger partial charge in [-0.05, 0) is 56.1 Å². The van der Waals surface area contributed by atoms with E-state index in [-0.39, 0.29) is 24.0 Å². The maximum Gasteiger partial charge on any atom is 0.164 e. The summed E-state index contributed by atoms with van der Waals surface area (Å²) in [5, 5.41) is 0. The normalized spacial score (nSPS) is 19.6. The van der Waals surface area contributed by atoms with Gasteiger partial charge in [0.1, 0.15) is 12.1 Å². The fourth-order valence-electron chi connectivity index (χ4n) is 3.86. The molecule has 0 aromatic heterocycles. The van der Waals surface area contributed by atoms with Crippen LogP contribution in [-0.2, 0) is 11.3 Å². The van der Waals surface area contributed by atoms with Crippen LogP contribution in [0.3, 0.4) is 0 Å². The molecule has 1 aliphatic carbocycles. The van der Waals surface area contributed by atoms with Crippen LogP contribution in [0.4, 0.5) is 13.2 Å². The van der Waals surface area contributed by atoms with Crippen molar-refractivity contribution in [3.63, 3.8) is 0 Å². The molecule has 2 aromatic rings. The SMILES string of the molecule is CCOCc1ccc(C2CCC(/C=C/c3ccc(C=O)cc3F)CC2)c(F)c1F. The van der Waals surface area contributed by atoms with E-state index in [1.54, 1.807) is 30.3 Å². The minimum atomic E-state index is -0.813. The standard InChI is InChI=1S/C24H25F3O2/c1-2-29-15-20-11-12-21(24(27)23(20)26)18-7-3-16(4-8-18)5-9-19-10-6-17(14-28)13-22(19)25/h5-6,9-14,16,18H,2-4,7-8,15H2,1H3/b9-5+. The van der Waals surface area contributed by atoms with Gasteiger partial charge < -0.3 is 4.74 Å². The topological polar surface area (TPSA) is 26.3 Å². The zero-order chi connectivity index (χ0) is 20.8. The van der Waals surface area contributed by atoms with E-state index in [1.807, 2.05) is 13.0 Å². The minimum absolute atomic E-state index is 0.0149. The molecular weight excluding hydrogens is 377 g/mol. The van der Waals surface area contributed by atoms with Gasteiger partial charge in [0.05, 0.1) is 6.61 Å². The summed E-state index contributed by atoms with van der Waals surface area (Å²) in [6, 6.07) is 7.68. The van der Waals surface area contributed by atoms with E-state index in [0.717, 1.165) is 25.7 Å². The summed E-state index contributed by atoms with van der Waals surface area (Å²) >= 11 is 0. The van der Waals surface area contributed by atoms with E-state index >= 15 is 0 Å². The highest BCUT2D eigenvalue weighted by Gasteiger charge is 2.25. The summed E-state index contributed by atoms with van der Waals surface area (Å²) < 4.78 is 48.0. The molecule has 1 fully saturated rings. The Kier molecular flexibility index (Phi) is 7.26. The van der Waals surface area contributed by atoms with Crippen LogP contribution in [0.25, 0.3) is 6.08 Å². The molecule has 1 aliphatic rings. The third-order valence-corrected chi connectivity index (χ3v) is 5.57. The molecule has 0 saturated heterocycles. The van der Waals surface area contributed by atoms with Gasteiger partial charge in [-0.1, -0.05) is 36.4 Å². The highest BCUT2D eigenvalue weighted by molar-refractivity contribution is 5.75. The van der Waals surface area contributed by atoms with Crippen molar-refractivity contribution in [1.29, 1.82) is 0 Å². The van der Waals surface area contributed by atoms with Gasteiger partial charge in [-0.15, -0.1) is 0 Å². The number of carbonyl (C=O) groups excluding carboxylic acids is 1. The summed E-state index contributed by atoms with van der Waals surface area (Å²) in [5.41, 5.74) is 1.42. The fourth-order valence-corrected chi connectivity index (χ4v) is 3.86. The van der Waals surface area contributed by atoms with Crippen molar-refractivity contribution in [2.24, 2.45) is 5.92 Å². The van der Waals surface area contributed by atoms with Crippen LogP contribution in [0, 0.1) is 23.4 Å². The number of carbonyl (C=O) groups is 1. The van der Waals surface area contributed by atoms with Crippen LogP contribution in [0.5, 0.6) is 0 Å². The highest BCUT2D eigenvalue weighted by Crippen LogP contribution is 2.38. The molecule has 0 atom stereocenters. The maximum absolute atomic E-state index is 14.5. The van der Waals surface area contributed by atoms with Gasteiger partial charge in [0.15, 0.2) is 11.6 Å². The first-order valence-electron chi connectivity index (χ1n) is 10.0. The summed E-state index contributed by atoms with van der Waals surface area (Å²) in [4.78, 5) is 10.7. The molecule has 1 saturated carbocycles. The Morgan fingerprint density at radius 2 is 1.79 bits per heavy atom. The summed E-state index contributed by atoms with van der Waals surface area (Å²) in [6.45, 7) is 2.33. The maximum atomic E-state index is 14.5. The monoisotopic (exact) mass is 402 g/mol. The van der Waals surface area contributed by atoms with E-state index in [2.05, 4.69) is 0 Å². The molecule has 0 aliphatic heterocycles. The number of hydrogen-bond acceptors (Lipinski definition) is 2. The molecule has 29 heavy (non-hydrogen) atoms. The van der Waals surface area contributed by atoms with Gasteiger partial charge in [0.25, 0.3) is 0 Å². The predicted octanol–water partition coefficient (Wildman–Crippen LogP) is 6.44. The third kappa shape index (κ3) is 5.15. The molecule has 5 heteroatoms. The smallest absolute Gasteiger partial charge is 0.164 e. The Morgan fingerprint density at radius 1 is 1.03 bits per heavy atom.